The van der Waals surface area contributed by atoms with Crippen molar-refractivity contribution in [3.63, 3.8) is 0 Å². The van der Waals surface area contributed by atoms with E-state index >= 15 is 0 Å². The van der Waals surface area contributed by atoms with E-state index in [1.54, 1.807) is 6.33 Å². The number of anilines is 1. The minimum Gasteiger partial charge on any atom is -0.481 e. The minimum absolute atomic E-state index is 0.274. The number of hydrogen-bond acceptors (Lipinski definition) is 4. The topological polar surface area (TPSA) is 66.3 Å². The molecule has 21 heavy (non-hydrogen) atoms. The molecule has 0 unspecified atom stereocenters. The summed E-state index contributed by atoms with van der Waals surface area (Å²) in [5.74, 6) is 0.670. The van der Waals surface area contributed by atoms with Gasteiger partial charge in [-0.2, -0.15) is 0 Å². The lowest BCUT2D eigenvalue weighted by Gasteiger charge is -2.34. The highest BCUT2D eigenvalue weighted by Gasteiger charge is 2.53. The van der Waals surface area contributed by atoms with Crippen molar-refractivity contribution in [2.45, 2.75) is 44.9 Å². The molecule has 1 saturated carbocycles. The second-order valence-electron chi connectivity index (χ2n) is 6.76. The van der Waals surface area contributed by atoms with Gasteiger partial charge < -0.3 is 10.0 Å². The first-order valence-electron chi connectivity index (χ1n) is 8.02. The third kappa shape index (κ3) is 1.86. The first-order chi connectivity index (χ1) is 10.2. The van der Waals surface area contributed by atoms with E-state index in [0.717, 1.165) is 57.3 Å². The predicted molar refractivity (Wildman–Crippen MR) is 78.3 cm³/mol. The van der Waals surface area contributed by atoms with Crippen LogP contribution < -0.4 is 4.90 Å². The molecule has 2 aliphatic carbocycles. The van der Waals surface area contributed by atoms with Gasteiger partial charge in [0.2, 0.25) is 0 Å². The first kappa shape index (κ1) is 13.0. The van der Waals surface area contributed by atoms with E-state index in [1.807, 2.05) is 0 Å². The monoisotopic (exact) mass is 287 g/mol. The maximum Gasteiger partial charge on any atom is 0.311 e. The summed E-state index contributed by atoms with van der Waals surface area (Å²) in [4.78, 5) is 23.0. The van der Waals surface area contributed by atoms with Gasteiger partial charge in [0.15, 0.2) is 0 Å². The summed E-state index contributed by atoms with van der Waals surface area (Å²) in [6, 6.07) is 0. The fourth-order valence-corrected chi connectivity index (χ4v) is 4.58. The Balaban J connectivity index is 1.69. The van der Waals surface area contributed by atoms with Crippen LogP contribution in [0, 0.1) is 11.3 Å². The molecule has 0 spiro atoms. The van der Waals surface area contributed by atoms with Gasteiger partial charge in [0, 0.05) is 24.3 Å². The molecule has 1 saturated heterocycles. The van der Waals surface area contributed by atoms with Crippen molar-refractivity contribution in [3.8, 4) is 0 Å². The van der Waals surface area contributed by atoms with E-state index in [-0.39, 0.29) is 5.92 Å². The Morgan fingerprint density at radius 3 is 3.00 bits per heavy atom. The van der Waals surface area contributed by atoms with Crippen molar-refractivity contribution in [3.05, 3.63) is 17.6 Å². The molecule has 1 aromatic heterocycles. The summed E-state index contributed by atoms with van der Waals surface area (Å²) in [5.41, 5.74) is 1.88. The van der Waals surface area contributed by atoms with Crippen molar-refractivity contribution in [1.82, 2.24) is 9.97 Å². The molecule has 2 atom stereocenters. The van der Waals surface area contributed by atoms with Crippen molar-refractivity contribution in [1.29, 1.82) is 0 Å². The van der Waals surface area contributed by atoms with Crippen LogP contribution in [0.3, 0.4) is 0 Å². The molecule has 1 aromatic rings. The quantitative estimate of drug-likeness (QED) is 0.901. The second-order valence-corrected chi connectivity index (χ2v) is 6.76. The van der Waals surface area contributed by atoms with Gasteiger partial charge >= 0.3 is 5.97 Å². The number of nitrogens with zero attached hydrogens (tertiary/aromatic N) is 3. The van der Waals surface area contributed by atoms with Crippen LogP contribution >= 0.6 is 0 Å². The molecule has 0 radical (unpaired) electrons. The summed E-state index contributed by atoms with van der Waals surface area (Å²) in [6.07, 6.45) is 8.91. The Kier molecular flexibility index (Phi) is 2.91. The summed E-state index contributed by atoms with van der Waals surface area (Å²) < 4.78 is 0. The van der Waals surface area contributed by atoms with Gasteiger partial charge in [-0.3, -0.25) is 4.79 Å². The molecule has 0 amide bonds. The Morgan fingerprint density at radius 2 is 2.19 bits per heavy atom. The summed E-state index contributed by atoms with van der Waals surface area (Å²) in [7, 11) is 0. The normalized spacial score (nSPS) is 31.0. The van der Waals surface area contributed by atoms with E-state index in [9.17, 15) is 9.90 Å². The first-order valence-corrected chi connectivity index (χ1v) is 8.02. The number of aryl methyl sites for hydroxylation is 1. The van der Waals surface area contributed by atoms with Gasteiger partial charge in [0.1, 0.15) is 12.1 Å². The lowest BCUT2D eigenvalue weighted by Crippen LogP contribution is -2.41. The highest BCUT2D eigenvalue weighted by molar-refractivity contribution is 5.77. The lowest BCUT2D eigenvalue weighted by atomic mass is 9.68. The number of aliphatic carboxylic acids is 1. The zero-order chi connectivity index (χ0) is 14.4. The molecule has 2 heterocycles. The number of carboxylic acid groups (broad SMARTS) is 1. The largest absolute Gasteiger partial charge is 0.481 e. The molecule has 0 aromatic carbocycles. The molecule has 5 heteroatoms. The smallest absolute Gasteiger partial charge is 0.311 e. The zero-order valence-electron chi connectivity index (χ0n) is 12.2. The van der Waals surface area contributed by atoms with Crippen LogP contribution in [0.1, 0.15) is 43.4 Å². The van der Waals surface area contributed by atoms with E-state index in [2.05, 4.69) is 14.9 Å². The maximum absolute atomic E-state index is 11.9. The van der Waals surface area contributed by atoms with Gasteiger partial charge in [-0.25, -0.2) is 9.97 Å². The minimum atomic E-state index is -0.611. The third-order valence-corrected chi connectivity index (χ3v) is 5.70. The van der Waals surface area contributed by atoms with E-state index in [0.29, 0.717) is 6.54 Å². The standard InChI is InChI=1S/C16H21N3O2/c20-15(21)16-7-2-1-4-11(16)8-19(9-16)14-12-5-3-6-13(12)17-10-18-14/h10-11H,1-9H2,(H,20,21)/t11-,16-/m1/s1. The number of rotatable bonds is 2. The number of aromatic nitrogens is 2. The molecular formula is C16H21N3O2. The molecule has 4 rings (SSSR count). The molecule has 112 valence electrons. The van der Waals surface area contributed by atoms with Gasteiger partial charge in [0.05, 0.1) is 5.41 Å². The van der Waals surface area contributed by atoms with Crippen LogP contribution in [0.4, 0.5) is 5.82 Å². The van der Waals surface area contributed by atoms with Crippen LogP contribution in [-0.2, 0) is 17.6 Å². The fraction of sp³-hybridized carbons (Fsp3) is 0.688. The second kappa shape index (κ2) is 4.68. The van der Waals surface area contributed by atoms with Crippen LogP contribution in [0.25, 0.3) is 0 Å². The molecular weight excluding hydrogens is 266 g/mol. The third-order valence-electron chi connectivity index (χ3n) is 5.70. The van der Waals surface area contributed by atoms with Crippen LogP contribution in [0.5, 0.6) is 0 Å². The molecule has 3 aliphatic rings. The van der Waals surface area contributed by atoms with Gasteiger partial charge in [-0.05, 0) is 38.0 Å². The van der Waals surface area contributed by atoms with E-state index in [1.165, 1.54) is 11.3 Å². The number of fused-ring (bicyclic) bond motifs is 2. The fourth-order valence-electron chi connectivity index (χ4n) is 4.58. The number of carbonyl (C=O) groups is 1. The molecule has 1 N–H and O–H groups in total. The molecule has 2 fully saturated rings. The van der Waals surface area contributed by atoms with Gasteiger partial charge in [-0.1, -0.05) is 12.8 Å². The summed E-state index contributed by atoms with van der Waals surface area (Å²) >= 11 is 0. The Hall–Kier alpha value is -1.65. The molecule has 5 nitrogen and oxygen atoms in total. The highest BCUT2D eigenvalue weighted by atomic mass is 16.4. The number of hydrogen-bond donors (Lipinski definition) is 1. The Morgan fingerprint density at radius 1 is 1.29 bits per heavy atom. The van der Waals surface area contributed by atoms with Crippen LogP contribution in [0.2, 0.25) is 0 Å². The van der Waals surface area contributed by atoms with Crippen molar-refractivity contribution >= 4 is 11.8 Å². The Labute approximate surface area is 124 Å². The van der Waals surface area contributed by atoms with Crippen molar-refractivity contribution in [2.24, 2.45) is 11.3 Å². The Bertz CT molecular complexity index is 589. The number of carboxylic acids is 1. The van der Waals surface area contributed by atoms with Crippen LogP contribution in [-0.4, -0.2) is 34.1 Å². The van der Waals surface area contributed by atoms with Crippen molar-refractivity contribution < 1.29 is 9.90 Å². The maximum atomic E-state index is 11.9. The van der Waals surface area contributed by atoms with Gasteiger partial charge in [-0.15, -0.1) is 0 Å². The highest BCUT2D eigenvalue weighted by Crippen LogP contribution is 2.48. The summed E-state index contributed by atoms with van der Waals surface area (Å²) in [5, 5.41) is 9.80. The predicted octanol–water partition coefficient (Wildman–Crippen LogP) is 2.05. The van der Waals surface area contributed by atoms with E-state index < -0.39 is 11.4 Å². The van der Waals surface area contributed by atoms with Gasteiger partial charge in [0.25, 0.3) is 0 Å². The van der Waals surface area contributed by atoms with Crippen LogP contribution in [0.15, 0.2) is 6.33 Å². The average molecular weight is 287 g/mol. The summed E-state index contributed by atoms with van der Waals surface area (Å²) in [6.45, 7) is 1.46. The molecule has 0 bridgehead atoms. The average Bonchev–Trinajstić information content (AvgIpc) is 3.11. The van der Waals surface area contributed by atoms with E-state index in [4.69, 9.17) is 0 Å². The lowest BCUT2D eigenvalue weighted by molar-refractivity contribution is -0.152. The zero-order valence-corrected chi connectivity index (χ0v) is 12.2. The SMILES string of the molecule is O=C(O)[C@@]12CCCC[C@@H]1CN(c1ncnc3c1CCC3)C2. The van der Waals surface area contributed by atoms with Crippen molar-refractivity contribution in [2.75, 3.05) is 18.0 Å². The molecule has 1 aliphatic heterocycles.